The maximum Gasteiger partial charge on any atom is 0.134 e. The largest absolute Gasteiger partial charge is 0.506 e. The number of halogens is 1. The summed E-state index contributed by atoms with van der Waals surface area (Å²) in [5, 5.41) is 18.2. The van der Waals surface area contributed by atoms with Crippen LogP contribution in [0.15, 0.2) is 36.5 Å². The van der Waals surface area contributed by atoms with Crippen molar-refractivity contribution >= 4 is 23.8 Å². The zero-order valence-electron chi connectivity index (χ0n) is 9.34. The predicted octanol–water partition coefficient (Wildman–Crippen LogP) is 3.48. The molecule has 0 aliphatic heterocycles. The average Bonchev–Trinajstić information content (AvgIpc) is 2.41. The number of aromatic hydroxyl groups is 1. The molecule has 0 saturated carbocycles. The summed E-state index contributed by atoms with van der Waals surface area (Å²) in [7, 11) is 0. The van der Waals surface area contributed by atoms with Gasteiger partial charge >= 0.3 is 0 Å². The number of hydrogen-bond acceptors (Lipinski definition) is 3. The molecule has 0 saturated heterocycles. The van der Waals surface area contributed by atoms with Gasteiger partial charge in [0.15, 0.2) is 0 Å². The molecule has 88 valence electrons. The van der Waals surface area contributed by atoms with Crippen molar-refractivity contribution in [1.82, 2.24) is 4.98 Å². The van der Waals surface area contributed by atoms with Gasteiger partial charge in [0.25, 0.3) is 0 Å². The Morgan fingerprint density at radius 3 is 2.67 bits per heavy atom. The number of nitrogens with zero attached hydrogens (tertiary/aromatic N) is 2. The second-order valence-electron chi connectivity index (χ2n) is 3.63. The summed E-state index contributed by atoms with van der Waals surface area (Å²) >= 11 is 5.80. The molecule has 1 heterocycles. The van der Waals surface area contributed by atoms with Crippen molar-refractivity contribution in [2.24, 2.45) is 0 Å². The molecule has 0 unspecified atom stereocenters. The first-order valence-corrected chi connectivity index (χ1v) is 5.59. The van der Waals surface area contributed by atoms with Crippen molar-refractivity contribution in [2.75, 3.05) is 0 Å². The third-order valence-electron chi connectivity index (χ3n) is 2.33. The van der Waals surface area contributed by atoms with Gasteiger partial charge in [0.05, 0.1) is 16.3 Å². The molecule has 0 fully saturated rings. The Bertz CT molecular complexity index is 627. The molecule has 3 nitrogen and oxygen atoms in total. The Morgan fingerprint density at radius 1 is 1.22 bits per heavy atom. The third kappa shape index (κ3) is 2.88. The molecular weight excluding hydrogens is 248 g/mol. The van der Waals surface area contributed by atoms with Crippen LogP contribution >= 0.6 is 11.6 Å². The van der Waals surface area contributed by atoms with E-state index in [1.807, 2.05) is 18.2 Å². The summed E-state index contributed by atoms with van der Waals surface area (Å²) in [6.45, 7) is 0. The Hall–Kier alpha value is -2.31. The zero-order chi connectivity index (χ0) is 13.0. The highest BCUT2D eigenvalue weighted by Crippen LogP contribution is 2.24. The number of rotatable bonds is 2. The number of aromatic nitrogens is 1. The van der Waals surface area contributed by atoms with Crippen LogP contribution in [0, 0.1) is 11.3 Å². The van der Waals surface area contributed by atoms with Crippen LogP contribution in [-0.4, -0.2) is 10.1 Å². The highest BCUT2D eigenvalue weighted by Gasteiger charge is 1.97. The monoisotopic (exact) mass is 256 g/mol. The second kappa shape index (κ2) is 5.35. The molecule has 0 radical (unpaired) electrons. The van der Waals surface area contributed by atoms with Crippen molar-refractivity contribution in [2.45, 2.75) is 0 Å². The lowest BCUT2D eigenvalue weighted by atomic mass is 10.2. The molecule has 0 aliphatic carbocycles. The van der Waals surface area contributed by atoms with Gasteiger partial charge in [0.2, 0.25) is 0 Å². The van der Waals surface area contributed by atoms with Crippen LogP contribution in [-0.2, 0) is 0 Å². The molecule has 18 heavy (non-hydrogen) atoms. The smallest absolute Gasteiger partial charge is 0.134 e. The molecule has 2 rings (SSSR count). The maximum atomic E-state index is 9.29. The van der Waals surface area contributed by atoms with Crippen molar-refractivity contribution in [1.29, 1.82) is 5.26 Å². The Labute approximate surface area is 110 Å². The van der Waals surface area contributed by atoms with E-state index in [1.54, 1.807) is 24.3 Å². The van der Waals surface area contributed by atoms with Gasteiger partial charge in [-0.2, -0.15) is 5.26 Å². The molecular formula is C14H9ClN2O. The quantitative estimate of drug-likeness (QED) is 0.895. The summed E-state index contributed by atoms with van der Waals surface area (Å²) in [5.74, 6) is 0.0605. The molecule has 0 aliphatic rings. The van der Waals surface area contributed by atoms with E-state index in [0.29, 0.717) is 10.6 Å². The third-order valence-corrected chi connectivity index (χ3v) is 2.64. The molecule has 0 bridgehead atoms. The highest BCUT2D eigenvalue weighted by molar-refractivity contribution is 6.32. The van der Waals surface area contributed by atoms with Crippen LogP contribution in [0.1, 0.15) is 16.8 Å². The highest BCUT2D eigenvalue weighted by atomic mass is 35.5. The van der Waals surface area contributed by atoms with E-state index < -0.39 is 0 Å². The summed E-state index contributed by atoms with van der Waals surface area (Å²) in [6, 6.07) is 10.4. The standard InChI is InChI=1S/C14H9ClN2O/c15-13-7-10(3-6-14(13)18)1-4-12-5-2-11(8-16)9-17-12/h1-7,9,18H. The first kappa shape index (κ1) is 12.2. The molecule has 2 aromatic rings. The van der Waals surface area contributed by atoms with Crippen LogP contribution in [0.4, 0.5) is 0 Å². The lowest BCUT2D eigenvalue weighted by Crippen LogP contribution is -1.81. The minimum atomic E-state index is 0.0605. The first-order valence-electron chi connectivity index (χ1n) is 5.22. The second-order valence-corrected chi connectivity index (χ2v) is 4.03. The van der Waals surface area contributed by atoms with Gasteiger partial charge in [0, 0.05) is 6.20 Å². The number of hydrogen-bond donors (Lipinski definition) is 1. The summed E-state index contributed by atoms with van der Waals surface area (Å²) in [6.07, 6.45) is 5.16. The summed E-state index contributed by atoms with van der Waals surface area (Å²) in [4.78, 5) is 4.11. The van der Waals surface area contributed by atoms with Gasteiger partial charge in [0.1, 0.15) is 11.8 Å². The number of phenolic OH excluding ortho intramolecular Hbond substituents is 1. The molecule has 1 aromatic heterocycles. The van der Waals surface area contributed by atoms with Gasteiger partial charge < -0.3 is 5.11 Å². The van der Waals surface area contributed by atoms with Crippen LogP contribution in [0.5, 0.6) is 5.75 Å². The van der Waals surface area contributed by atoms with E-state index in [9.17, 15) is 5.11 Å². The first-order chi connectivity index (χ1) is 8.69. The SMILES string of the molecule is N#Cc1ccc(C=Cc2ccc(O)c(Cl)c2)nc1. The topological polar surface area (TPSA) is 56.9 Å². The predicted molar refractivity (Wildman–Crippen MR) is 71.0 cm³/mol. The van der Waals surface area contributed by atoms with E-state index in [4.69, 9.17) is 16.9 Å². The Kier molecular flexibility index (Phi) is 3.61. The summed E-state index contributed by atoms with van der Waals surface area (Å²) < 4.78 is 0. The molecule has 1 aromatic carbocycles. The van der Waals surface area contributed by atoms with Crippen molar-refractivity contribution < 1.29 is 5.11 Å². The van der Waals surface area contributed by atoms with Crippen molar-refractivity contribution in [3.8, 4) is 11.8 Å². The van der Waals surface area contributed by atoms with E-state index in [2.05, 4.69) is 4.98 Å². The minimum Gasteiger partial charge on any atom is -0.506 e. The summed E-state index contributed by atoms with van der Waals surface area (Å²) in [5.41, 5.74) is 2.14. The van der Waals surface area contributed by atoms with Crippen LogP contribution in [0.2, 0.25) is 5.02 Å². The van der Waals surface area contributed by atoms with Crippen molar-refractivity contribution in [3.05, 3.63) is 58.4 Å². The van der Waals surface area contributed by atoms with Crippen LogP contribution < -0.4 is 0 Å². The van der Waals surface area contributed by atoms with Gasteiger partial charge in [-0.3, -0.25) is 4.98 Å². The average molecular weight is 257 g/mol. The Balaban J connectivity index is 2.19. The van der Waals surface area contributed by atoms with Crippen LogP contribution in [0.25, 0.3) is 12.2 Å². The van der Waals surface area contributed by atoms with E-state index in [-0.39, 0.29) is 5.75 Å². The van der Waals surface area contributed by atoms with E-state index in [0.717, 1.165) is 11.3 Å². The molecule has 1 N–H and O–H groups in total. The fraction of sp³-hybridized carbons (Fsp3) is 0. The minimum absolute atomic E-state index is 0.0605. The molecule has 0 amide bonds. The normalized spacial score (nSPS) is 10.4. The molecule has 0 atom stereocenters. The van der Waals surface area contributed by atoms with E-state index >= 15 is 0 Å². The zero-order valence-corrected chi connectivity index (χ0v) is 10.1. The van der Waals surface area contributed by atoms with Gasteiger partial charge in [-0.15, -0.1) is 0 Å². The number of phenols is 1. The van der Waals surface area contributed by atoms with Crippen molar-refractivity contribution in [3.63, 3.8) is 0 Å². The molecule has 0 spiro atoms. The number of nitriles is 1. The van der Waals surface area contributed by atoms with Crippen LogP contribution in [0.3, 0.4) is 0 Å². The fourth-order valence-corrected chi connectivity index (χ4v) is 1.57. The lowest BCUT2D eigenvalue weighted by Gasteiger charge is -1.98. The maximum absolute atomic E-state index is 9.29. The fourth-order valence-electron chi connectivity index (χ4n) is 1.38. The van der Waals surface area contributed by atoms with E-state index in [1.165, 1.54) is 12.3 Å². The molecule has 4 heteroatoms. The Morgan fingerprint density at radius 2 is 2.06 bits per heavy atom. The number of benzene rings is 1. The van der Waals surface area contributed by atoms with Gasteiger partial charge in [-0.1, -0.05) is 23.7 Å². The van der Waals surface area contributed by atoms with Gasteiger partial charge in [-0.05, 0) is 35.9 Å². The van der Waals surface area contributed by atoms with Gasteiger partial charge in [-0.25, -0.2) is 0 Å². The lowest BCUT2D eigenvalue weighted by molar-refractivity contribution is 0.475. The number of pyridine rings is 1.